The Kier molecular flexibility index (Phi) is 3.91. The lowest BCUT2D eigenvalue weighted by atomic mass is 9.92. The van der Waals surface area contributed by atoms with E-state index in [2.05, 4.69) is 6.07 Å². The lowest BCUT2D eigenvalue weighted by Crippen LogP contribution is -2.14. The van der Waals surface area contributed by atoms with Gasteiger partial charge in [0.25, 0.3) is 0 Å². The fourth-order valence-corrected chi connectivity index (χ4v) is 1.72. The van der Waals surface area contributed by atoms with Gasteiger partial charge < -0.3 is 10.5 Å². The topological polar surface area (TPSA) is 76.1 Å². The van der Waals surface area contributed by atoms with Gasteiger partial charge in [0.05, 0.1) is 23.8 Å². The van der Waals surface area contributed by atoms with E-state index in [0.717, 1.165) is 0 Å². The number of ether oxygens (including phenoxy) is 1. The zero-order valence-corrected chi connectivity index (χ0v) is 10.1. The SMILES string of the molecule is CC(C)(C#N)CCOC(=O)c1sccc1N. The van der Waals surface area contributed by atoms with E-state index in [9.17, 15) is 4.79 Å². The quantitative estimate of drug-likeness (QED) is 0.817. The van der Waals surface area contributed by atoms with E-state index < -0.39 is 11.4 Å². The molecule has 0 atom stereocenters. The summed E-state index contributed by atoms with van der Waals surface area (Å²) in [6.07, 6.45) is 0.514. The van der Waals surface area contributed by atoms with Gasteiger partial charge >= 0.3 is 5.97 Å². The summed E-state index contributed by atoms with van der Waals surface area (Å²) in [5.41, 5.74) is 5.55. The van der Waals surface area contributed by atoms with Crippen LogP contribution in [0.2, 0.25) is 0 Å². The first kappa shape index (κ1) is 12.5. The Balaban J connectivity index is 2.44. The van der Waals surface area contributed by atoms with Crippen molar-refractivity contribution in [1.82, 2.24) is 0 Å². The highest BCUT2D eigenvalue weighted by Crippen LogP contribution is 2.21. The average molecular weight is 238 g/mol. The van der Waals surface area contributed by atoms with Crippen molar-refractivity contribution in [2.75, 3.05) is 12.3 Å². The lowest BCUT2D eigenvalue weighted by Gasteiger charge is -2.14. The predicted molar refractivity (Wildman–Crippen MR) is 63.0 cm³/mol. The summed E-state index contributed by atoms with van der Waals surface area (Å²) in [5, 5.41) is 10.5. The minimum absolute atomic E-state index is 0.233. The highest BCUT2D eigenvalue weighted by Gasteiger charge is 2.18. The van der Waals surface area contributed by atoms with Crippen molar-refractivity contribution >= 4 is 23.0 Å². The van der Waals surface area contributed by atoms with Crippen molar-refractivity contribution in [3.8, 4) is 6.07 Å². The van der Waals surface area contributed by atoms with E-state index in [4.69, 9.17) is 15.7 Å². The molecule has 86 valence electrons. The fourth-order valence-electron chi connectivity index (χ4n) is 1.01. The molecule has 0 unspecified atom stereocenters. The van der Waals surface area contributed by atoms with Gasteiger partial charge in [0, 0.05) is 0 Å². The van der Waals surface area contributed by atoms with Crippen LogP contribution in [0, 0.1) is 16.7 Å². The third kappa shape index (κ3) is 3.24. The Morgan fingerprint density at radius 2 is 2.38 bits per heavy atom. The summed E-state index contributed by atoms with van der Waals surface area (Å²) in [5.74, 6) is -0.416. The average Bonchev–Trinajstić information content (AvgIpc) is 2.64. The first-order valence-electron chi connectivity index (χ1n) is 4.87. The number of nitriles is 1. The Morgan fingerprint density at radius 1 is 1.69 bits per heavy atom. The number of esters is 1. The van der Waals surface area contributed by atoms with E-state index in [1.54, 1.807) is 25.3 Å². The Labute approximate surface area is 98.6 Å². The number of carbonyl (C=O) groups excluding carboxylic acids is 1. The number of thiophene rings is 1. The van der Waals surface area contributed by atoms with Gasteiger partial charge in [0.1, 0.15) is 4.88 Å². The number of nitrogens with two attached hydrogens (primary N) is 1. The number of hydrogen-bond acceptors (Lipinski definition) is 5. The van der Waals surface area contributed by atoms with Crippen LogP contribution in [-0.2, 0) is 4.74 Å². The molecule has 1 rings (SSSR count). The molecule has 1 aromatic heterocycles. The molecule has 0 saturated heterocycles. The second-order valence-electron chi connectivity index (χ2n) is 4.09. The minimum Gasteiger partial charge on any atom is -0.461 e. The van der Waals surface area contributed by atoms with E-state index >= 15 is 0 Å². The molecule has 2 N–H and O–H groups in total. The summed E-state index contributed by atoms with van der Waals surface area (Å²) in [7, 11) is 0. The molecule has 4 nitrogen and oxygen atoms in total. The molecular weight excluding hydrogens is 224 g/mol. The smallest absolute Gasteiger partial charge is 0.350 e. The zero-order valence-electron chi connectivity index (χ0n) is 9.32. The molecular formula is C11H14N2O2S. The third-order valence-electron chi connectivity index (χ3n) is 2.14. The highest BCUT2D eigenvalue weighted by molar-refractivity contribution is 7.12. The maximum atomic E-state index is 11.5. The molecule has 0 radical (unpaired) electrons. The summed E-state index contributed by atoms with van der Waals surface area (Å²) >= 11 is 1.26. The number of nitrogens with zero attached hydrogens (tertiary/aromatic N) is 1. The Bertz CT molecular complexity index is 418. The molecule has 0 spiro atoms. The first-order valence-corrected chi connectivity index (χ1v) is 5.75. The molecule has 0 fully saturated rings. The van der Waals surface area contributed by atoms with Crippen LogP contribution in [0.5, 0.6) is 0 Å². The highest BCUT2D eigenvalue weighted by atomic mass is 32.1. The molecule has 0 aliphatic carbocycles. The maximum absolute atomic E-state index is 11.5. The third-order valence-corrected chi connectivity index (χ3v) is 3.05. The molecule has 0 aliphatic rings. The van der Waals surface area contributed by atoms with Crippen molar-refractivity contribution in [3.63, 3.8) is 0 Å². The Hall–Kier alpha value is -1.54. The second-order valence-corrected chi connectivity index (χ2v) is 5.00. The van der Waals surface area contributed by atoms with Crippen molar-refractivity contribution < 1.29 is 9.53 Å². The number of carbonyl (C=O) groups is 1. The van der Waals surface area contributed by atoms with Crippen LogP contribution in [0.25, 0.3) is 0 Å². The van der Waals surface area contributed by atoms with E-state index in [0.29, 0.717) is 17.0 Å². The summed E-state index contributed by atoms with van der Waals surface area (Å²) in [6, 6.07) is 3.81. The molecule has 0 amide bonds. The van der Waals surface area contributed by atoms with Gasteiger partial charge in [-0.05, 0) is 31.7 Å². The molecule has 0 aliphatic heterocycles. The normalized spacial score (nSPS) is 10.8. The van der Waals surface area contributed by atoms with Gasteiger partial charge in [-0.1, -0.05) is 0 Å². The van der Waals surface area contributed by atoms with Crippen LogP contribution >= 0.6 is 11.3 Å². The molecule has 16 heavy (non-hydrogen) atoms. The second kappa shape index (κ2) is 4.99. The molecule has 1 aromatic rings. The van der Waals surface area contributed by atoms with Crippen LogP contribution in [-0.4, -0.2) is 12.6 Å². The summed E-state index contributed by atoms with van der Waals surface area (Å²) in [4.78, 5) is 12.0. The van der Waals surface area contributed by atoms with E-state index in [1.807, 2.05) is 0 Å². The van der Waals surface area contributed by atoms with Crippen molar-refractivity contribution in [1.29, 1.82) is 5.26 Å². The largest absolute Gasteiger partial charge is 0.461 e. The molecule has 0 aromatic carbocycles. The van der Waals surface area contributed by atoms with Gasteiger partial charge in [0.15, 0.2) is 0 Å². The van der Waals surface area contributed by atoms with Crippen LogP contribution in [0.15, 0.2) is 11.4 Å². The monoisotopic (exact) mass is 238 g/mol. The summed E-state index contributed by atoms with van der Waals surface area (Å²) in [6.45, 7) is 3.84. The van der Waals surface area contributed by atoms with Gasteiger partial charge in [0.2, 0.25) is 0 Å². The summed E-state index contributed by atoms with van der Waals surface area (Å²) < 4.78 is 5.05. The standard InChI is InChI=1S/C11H14N2O2S/c1-11(2,7-12)4-5-15-10(14)9-8(13)3-6-16-9/h3,6H,4-5,13H2,1-2H3. The predicted octanol–water partition coefficient (Wildman–Crippen LogP) is 2.43. The van der Waals surface area contributed by atoms with Crippen LogP contribution in [0.1, 0.15) is 29.9 Å². The zero-order chi connectivity index (χ0) is 12.2. The molecule has 0 saturated carbocycles. The number of anilines is 1. The van der Waals surface area contributed by atoms with Gasteiger partial charge in [-0.25, -0.2) is 4.79 Å². The van der Waals surface area contributed by atoms with E-state index in [-0.39, 0.29) is 6.61 Å². The number of hydrogen-bond donors (Lipinski definition) is 1. The van der Waals surface area contributed by atoms with Gasteiger partial charge in [-0.3, -0.25) is 0 Å². The molecule has 0 bridgehead atoms. The van der Waals surface area contributed by atoms with Crippen molar-refractivity contribution in [2.45, 2.75) is 20.3 Å². The number of nitrogen functional groups attached to an aromatic ring is 1. The van der Waals surface area contributed by atoms with E-state index in [1.165, 1.54) is 11.3 Å². The van der Waals surface area contributed by atoms with Crippen molar-refractivity contribution in [3.05, 3.63) is 16.3 Å². The van der Waals surface area contributed by atoms with Crippen LogP contribution in [0.3, 0.4) is 0 Å². The van der Waals surface area contributed by atoms with Gasteiger partial charge in [-0.2, -0.15) is 5.26 Å². The fraction of sp³-hybridized carbons (Fsp3) is 0.455. The Morgan fingerprint density at radius 3 is 2.88 bits per heavy atom. The lowest BCUT2D eigenvalue weighted by molar-refractivity contribution is 0.0482. The van der Waals surface area contributed by atoms with Crippen LogP contribution in [0.4, 0.5) is 5.69 Å². The number of rotatable bonds is 4. The van der Waals surface area contributed by atoms with Crippen molar-refractivity contribution in [2.24, 2.45) is 5.41 Å². The first-order chi connectivity index (χ1) is 7.46. The van der Waals surface area contributed by atoms with Gasteiger partial charge in [-0.15, -0.1) is 11.3 Å². The van der Waals surface area contributed by atoms with Crippen LogP contribution < -0.4 is 5.73 Å². The minimum atomic E-state index is -0.471. The maximum Gasteiger partial charge on any atom is 0.350 e. The molecule has 5 heteroatoms. The molecule has 1 heterocycles.